The SMILES string of the molecule is O=C(Cc1c[nH][nH]c1=O)N1CCN(C(=O)C2Cc3ccccc32)CC(O)C1. The number of aromatic nitrogens is 2. The minimum absolute atomic E-state index is 0.00382. The number of hydrogen-bond acceptors (Lipinski definition) is 4. The number of carbonyl (C=O) groups excluding carboxylic acids is 2. The Morgan fingerprint density at radius 3 is 2.63 bits per heavy atom. The molecular formula is C19H22N4O4. The van der Waals surface area contributed by atoms with Crippen LogP contribution in [0.25, 0.3) is 0 Å². The molecule has 0 saturated carbocycles. The summed E-state index contributed by atoms with van der Waals surface area (Å²) in [5.74, 6) is -0.388. The van der Waals surface area contributed by atoms with Gasteiger partial charge in [0.15, 0.2) is 0 Å². The largest absolute Gasteiger partial charge is 0.389 e. The number of amides is 2. The molecule has 0 bridgehead atoms. The van der Waals surface area contributed by atoms with Gasteiger partial charge in [-0.25, -0.2) is 0 Å². The summed E-state index contributed by atoms with van der Waals surface area (Å²) in [7, 11) is 0. The molecule has 1 aromatic carbocycles. The van der Waals surface area contributed by atoms with Gasteiger partial charge < -0.3 is 20.0 Å². The number of hydrogen-bond donors (Lipinski definition) is 3. The van der Waals surface area contributed by atoms with Crippen molar-refractivity contribution in [2.24, 2.45) is 0 Å². The molecule has 2 atom stereocenters. The smallest absolute Gasteiger partial charge is 0.267 e. The van der Waals surface area contributed by atoms with E-state index in [0.29, 0.717) is 18.7 Å². The Morgan fingerprint density at radius 1 is 1.15 bits per heavy atom. The molecule has 0 spiro atoms. The summed E-state index contributed by atoms with van der Waals surface area (Å²) in [6.45, 7) is 1.10. The summed E-state index contributed by atoms with van der Waals surface area (Å²) in [5.41, 5.74) is 2.29. The number of H-pyrrole nitrogens is 2. The summed E-state index contributed by atoms with van der Waals surface area (Å²) in [5, 5.41) is 15.3. The van der Waals surface area contributed by atoms with Crippen LogP contribution in [-0.2, 0) is 22.4 Å². The van der Waals surface area contributed by atoms with Crippen LogP contribution in [0.2, 0.25) is 0 Å². The minimum atomic E-state index is -0.805. The topological polar surface area (TPSA) is 109 Å². The van der Waals surface area contributed by atoms with Gasteiger partial charge in [0, 0.05) is 37.9 Å². The van der Waals surface area contributed by atoms with Crippen LogP contribution in [0.3, 0.4) is 0 Å². The number of nitrogens with one attached hydrogen (secondary N) is 2. The van der Waals surface area contributed by atoms with Gasteiger partial charge in [0.1, 0.15) is 0 Å². The average Bonchev–Trinajstić information content (AvgIpc) is 2.91. The summed E-state index contributed by atoms with van der Waals surface area (Å²) in [6.07, 6.45) is 1.36. The summed E-state index contributed by atoms with van der Waals surface area (Å²) >= 11 is 0. The van der Waals surface area contributed by atoms with Gasteiger partial charge in [-0.05, 0) is 17.5 Å². The maximum Gasteiger partial charge on any atom is 0.267 e. The maximum absolute atomic E-state index is 12.9. The van der Waals surface area contributed by atoms with Gasteiger partial charge in [-0.2, -0.15) is 0 Å². The number of aliphatic hydroxyl groups excluding tert-OH is 1. The molecule has 1 saturated heterocycles. The number of rotatable bonds is 3. The van der Waals surface area contributed by atoms with Crippen LogP contribution in [-0.4, -0.2) is 69.2 Å². The number of β-amino-alcohol motifs (C(OH)–C–C–N with tert-alkyl or cyclic N) is 1. The second kappa shape index (κ2) is 7.03. The molecule has 4 rings (SSSR count). The highest BCUT2D eigenvalue weighted by Gasteiger charge is 2.36. The quantitative estimate of drug-likeness (QED) is 0.684. The van der Waals surface area contributed by atoms with E-state index in [1.165, 1.54) is 16.7 Å². The zero-order valence-electron chi connectivity index (χ0n) is 14.9. The standard InChI is InChI=1S/C19H22N4O4/c24-14-10-22(17(25)8-13-9-20-21-18(13)26)5-6-23(11-14)19(27)16-7-12-3-1-2-4-15(12)16/h1-4,9,14,16,24H,5-8,10-11H2,(H2,20,21,26). The number of nitrogens with zero attached hydrogens (tertiary/aromatic N) is 2. The number of benzene rings is 1. The fourth-order valence-corrected chi connectivity index (χ4v) is 3.86. The highest BCUT2D eigenvalue weighted by Crippen LogP contribution is 2.36. The molecule has 8 nitrogen and oxygen atoms in total. The van der Waals surface area contributed by atoms with E-state index in [0.717, 1.165) is 12.0 Å². The summed E-state index contributed by atoms with van der Waals surface area (Å²) in [4.78, 5) is 40.1. The third kappa shape index (κ3) is 3.40. The number of fused-ring (bicyclic) bond motifs is 1. The fraction of sp³-hybridized carbons (Fsp3) is 0.421. The molecule has 2 amide bonds. The van der Waals surface area contributed by atoms with Gasteiger partial charge in [0.2, 0.25) is 11.8 Å². The monoisotopic (exact) mass is 370 g/mol. The molecule has 1 fully saturated rings. The molecule has 1 aromatic heterocycles. The lowest BCUT2D eigenvalue weighted by atomic mass is 9.77. The van der Waals surface area contributed by atoms with Crippen LogP contribution in [0.5, 0.6) is 0 Å². The first-order valence-corrected chi connectivity index (χ1v) is 9.10. The second-order valence-corrected chi connectivity index (χ2v) is 7.18. The molecule has 1 aliphatic heterocycles. The number of carbonyl (C=O) groups is 2. The van der Waals surface area contributed by atoms with Crippen LogP contribution >= 0.6 is 0 Å². The van der Waals surface area contributed by atoms with E-state index in [1.807, 2.05) is 24.3 Å². The minimum Gasteiger partial charge on any atom is -0.389 e. The van der Waals surface area contributed by atoms with Crippen molar-refractivity contribution in [2.45, 2.75) is 24.9 Å². The number of aliphatic hydroxyl groups is 1. The Balaban J connectivity index is 1.41. The highest BCUT2D eigenvalue weighted by molar-refractivity contribution is 5.87. The van der Waals surface area contributed by atoms with Crippen LogP contribution in [0, 0.1) is 0 Å². The first kappa shape index (κ1) is 17.5. The first-order valence-electron chi connectivity index (χ1n) is 9.10. The van der Waals surface area contributed by atoms with Crippen molar-refractivity contribution in [1.82, 2.24) is 20.0 Å². The van der Waals surface area contributed by atoms with Crippen LogP contribution in [0.1, 0.15) is 22.6 Å². The molecule has 8 heteroatoms. The normalized spacial score (nSPS) is 22.0. The third-order valence-corrected chi connectivity index (χ3v) is 5.38. The van der Waals surface area contributed by atoms with E-state index in [-0.39, 0.29) is 42.8 Å². The van der Waals surface area contributed by atoms with E-state index in [1.54, 1.807) is 4.90 Å². The van der Waals surface area contributed by atoms with Gasteiger partial charge in [-0.1, -0.05) is 24.3 Å². The van der Waals surface area contributed by atoms with Gasteiger partial charge in [-0.15, -0.1) is 0 Å². The third-order valence-electron chi connectivity index (χ3n) is 5.38. The average molecular weight is 370 g/mol. The first-order chi connectivity index (χ1) is 13.0. The van der Waals surface area contributed by atoms with Crippen LogP contribution < -0.4 is 5.56 Å². The van der Waals surface area contributed by atoms with E-state index in [9.17, 15) is 19.5 Å². The molecular weight excluding hydrogens is 348 g/mol. The van der Waals surface area contributed by atoms with Crippen LogP contribution in [0.4, 0.5) is 0 Å². The van der Waals surface area contributed by atoms with Crippen molar-refractivity contribution in [2.75, 3.05) is 26.2 Å². The Kier molecular flexibility index (Phi) is 4.57. The van der Waals surface area contributed by atoms with E-state index < -0.39 is 6.10 Å². The summed E-state index contributed by atoms with van der Waals surface area (Å²) in [6, 6.07) is 7.90. The Labute approximate surface area is 155 Å². The van der Waals surface area contributed by atoms with Crippen molar-refractivity contribution >= 4 is 11.8 Å². The lowest BCUT2D eigenvalue weighted by molar-refractivity contribution is -0.134. The van der Waals surface area contributed by atoms with Crippen molar-refractivity contribution in [3.05, 3.63) is 57.5 Å². The zero-order valence-corrected chi connectivity index (χ0v) is 14.9. The fourth-order valence-electron chi connectivity index (χ4n) is 3.86. The predicted molar refractivity (Wildman–Crippen MR) is 97.2 cm³/mol. The summed E-state index contributed by atoms with van der Waals surface area (Å²) < 4.78 is 0. The molecule has 2 unspecified atom stereocenters. The Morgan fingerprint density at radius 2 is 1.89 bits per heavy atom. The van der Waals surface area contributed by atoms with Crippen molar-refractivity contribution in [3.8, 4) is 0 Å². The second-order valence-electron chi connectivity index (χ2n) is 7.18. The van der Waals surface area contributed by atoms with E-state index >= 15 is 0 Å². The van der Waals surface area contributed by atoms with Crippen LogP contribution in [0.15, 0.2) is 35.3 Å². The highest BCUT2D eigenvalue weighted by atomic mass is 16.3. The molecule has 2 aliphatic rings. The predicted octanol–water partition coefficient (Wildman–Crippen LogP) is -0.383. The molecule has 2 aromatic rings. The maximum atomic E-state index is 12.9. The molecule has 0 radical (unpaired) electrons. The Bertz CT molecular complexity index is 918. The lowest BCUT2D eigenvalue weighted by Crippen LogP contribution is -2.43. The van der Waals surface area contributed by atoms with Gasteiger partial charge in [0.25, 0.3) is 5.56 Å². The van der Waals surface area contributed by atoms with E-state index in [4.69, 9.17) is 0 Å². The molecule has 1 aliphatic carbocycles. The molecule has 2 heterocycles. The zero-order chi connectivity index (χ0) is 19.0. The van der Waals surface area contributed by atoms with Crippen molar-refractivity contribution < 1.29 is 14.7 Å². The number of aromatic amines is 2. The van der Waals surface area contributed by atoms with Gasteiger partial charge in [0.05, 0.1) is 18.4 Å². The molecule has 3 N–H and O–H groups in total. The molecule has 27 heavy (non-hydrogen) atoms. The van der Waals surface area contributed by atoms with Gasteiger partial charge in [-0.3, -0.25) is 19.5 Å². The van der Waals surface area contributed by atoms with Crippen molar-refractivity contribution in [1.29, 1.82) is 0 Å². The molecule has 142 valence electrons. The Hall–Kier alpha value is -2.87. The van der Waals surface area contributed by atoms with E-state index in [2.05, 4.69) is 10.2 Å². The lowest BCUT2D eigenvalue weighted by Gasteiger charge is -2.33. The van der Waals surface area contributed by atoms with Crippen molar-refractivity contribution in [3.63, 3.8) is 0 Å². The van der Waals surface area contributed by atoms with Gasteiger partial charge >= 0.3 is 0 Å².